The molecule has 8 heteroatoms. The molecule has 0 aliphatic heterocycles. The lowest BCUT2D eigenvalue weighted by molar-refractivity contribution is 0.605. The highest BCUT2D eigenvalue weighted by Crippen LogP contribution is 2.47. The van der Waals surface area contributed by atoms with Crippen LogP contribution >= 0.6 is 24.0 Å². The monoisotopic (exact) mass is 444 g/mol. The average Bonchev–Trinajstić information content (AvgIpc) is 3.24. The van der Waals surface area contributed by atoms with Crippen LogP contribution in [0.3, 0.4) is 0 Å². The minimum Gasteiger partial charge on any atom is -0.356 e. The van der Waals surface area contributed by atoms with Crippen molar-refractivity contribution in [2.45, 2.75) is 24.8 Å². The number of guanidine groups is 1. The molecule has 24 heavy (non-hydrogen) atoms. The molecular formula is C16H22FIN6. The van der Waals surface area contributed by atoms with Gasteiger partial charge >= 0.3 is 0 Å². The first-order valence-electron chi connectivity index (χ1n) is 7.66. The summed E-state index contributed by atoms with van der Waals surface area (Å²) in [5, 5.41) is 10.6. The smallest absolute Gasteiger partial charge is 0.191 e. The van der Waals surface area contributed by atoms with Crippen LogP contribution in [0, 0.1) is 5.82 Å². The molecule has 2 aromatic rings. The molecule has 0 unspecified atom stereocenters. The van der Waals surface area contributed by atoms with Gasteiger partial charge in [-0.15, -0.1) is 24.0 Å². The number of aliphatic imine (C=N–C) groups is 1. The van der Waals surface area contributed by atoms with Crippen LogP contribution in [0.4, 0.5) is 4.39 Å². The van der Waals surface area contributed by atoms with Gasteiger partial charge in [0.1, 0.15) is 18.0 Å². The molecule has 0 bridgehead atoms. The van der Waals surface area contributed by atoms with Crippen LogP contribution in [0.25, 0.3) is 0 Å². The molecule has 1 fully saturated rings. The van der Waals surface area contributed by atoms with Crippen molar-refractivity contribution in [1.82, 2.24) is 25.4 Å². The fraction of sp³-hybridized carbons (Fsp3) is 0.438. The van der Waals surface area contributed by atoms with Crippen LogP contribution in [-0.4, -0.2) is 34.3 Å². The SMILES string of the molecule is CN=C(NCc1ncnn1C)NCC1(c2cccc(F)c2)CC1.I. The van der Waals surface area contributed by atoms with E-state index in [2.05, 4.69) is 25.7 Å². The normalized spacial score (nSPS) is 15.5. The zero-order chi connectivity index (χ0) is 16.3. The van der Waals surface area contributed by atoms with E-state index in [1.807, 2.05) is 13.1 Å². The lowest BCUT2D eigenvalue weighted by atomic mass is 9.96. The molecule has 0 saturated heterocycles. The summed E-state index contributed by atoms with van der Waals surface area (Å²) in [6.45, 7) is 1.28. The van der Waals surface area contributed by atoms with Crippen molar-refractivity contribution in [3.8, 4) is 0 Å². The first-order valence-corrected chi connectivity index (χ1v) is 7.66. The second kappa shape index (κ2) is 7.91. The number of aromatic nitrogens is 3. The van der Waals surface area contributed by atoms with Crippen molar-refractivity contribution in [1.29, 1.82) is 0 Å². The number of nitrogens with one attached hydrogen (secondary N) is 2. The van der Waals surface area contributed by atoms with Crippen LogP contribution in [0.1, 0.15) is 24.2 Å². The van der Waals surface area contributed by atoms with Crippen LogP contribution in [0.15, 0.2) is 35.6 Å². The Morgan fingerprint density at radius 3 is 2.75 bits per heavy atom. The number of hydrogen-bond donors (Lipinski definition) is 2. The molecule has 1 heterocycles. The Morgan fingerprint density at radius 2 is 2.17 bits per heavy atom. The van der Waals surface area contributed by atoms with Crippen molar-refractivity contribution < 1.29 is 4.39 Å². The van der Waals surface area contributed by atoms with E-state index < -0.39 is 0 Å². The van der Waals surface area contributed by atoms with E-state index in [-0.39, 0.29) is 35.2 Å². The Morgan fingerprint density at radius 1 is 1.38 bits per heavy atom. The zero-order valence-electron chi connectivity index (χ0n) is 13.8. The van der Waals surface area contributed by atoms with Crippen LogP contribution in [-0.2, 0) is 19.0 Å². The summed E-state index contributed by atoms with van der Waals surface area (Å²) in [6.07, 6.45) is 3.64. The number of aryl methyl sites for hydroxylation is 1. The summed E-state index contributed by atoms with van der Waals surface area (Å²) in [5.74, 6) is 1.36. The summed E-state index contributed by atoms with van der Waals surface area (Å²) >= 11 is 0. The largest absolute Gasteiger partial charge is 0.356 e. The second-order valence-corrected chi connectivity index (χ2v) is 5.87. The minimum atomic E-state index is -0.182. The van der Waals surface area contributed by atoms with E-state index in [0.717, 1.165) is 30.8 Å². The summed E-state index contributed by atoms with van der Waals surface area (Å²) < 4.78 is 15.2. The molecule has 1 aliphatic carbocycles. The van der Waals surface area contributed by atoms with E-state index in [0.29, 0.717) is 12.5 Å². The topological polar surface area (TPSA) is 67.1 Å². The fourth-order valence-electron chi connectivity index (χ4n) is 2.65. The minimum absolute atomic E-state index is 0. The molecule has 3 rings (SSSR count). The van der Waals surface area contributed by atoms with E-state index in [1.165, 1.54) is 12.4 Å². The lowest BCUT2D eigenvalue weighted by Gasteiger charge is -2.19. The van der Waals surface area contributed by atoms with Gasteiger partial charge in [0.2, 0.25) is 0 Å². The number of rotatable bonds is 5. The molecule has 1 aromatic heterocycles. The van der Waals surface area contributed by atoms with Crippen LogP contribution in [0.2, 0.25) is 0 Å². The van der Waals surface area contributed by atoms with E-state index in [1.54, 1.807) is 23.9 Å². The number of halogens is 2. The third-order valence-electron chi connectivity index (χ3n) is 4.33. The zero-order valence-corrected chi connectivity index (χ0v) is 16.1. The van der Waals surface area contributed by atoms with Gasteiger partial charge in [-0.3, -0.25) is 9.67 Å². The molecule has 1 aliphatic rings. The van der Waals surface area contributed by atoms with Crippen molar-refractivity contribution in [2.75, 3.05) is 13.6 Å². The van der Waals surface area contributed by atoms with Crippen LogP contribution < -0.4 is 10.6 Å². The van der Waals surface area contributed by atoms with E-state index in [9.17, 15) is 4.39 Å². The van der Waals surface area contributed by atoms with Gasteiger partial charge < -0.3 is 10.6 Å². The first kappa shape index (κ1) is 18.6. The number of nitrogens with zero attached hydrogens (tertiary/aromatic N) is 4. The van der Waals surface area contributed by atoms with Crippen molar-refractivity contribution in [3.63, 3.8) is 0 Å². The fourth-order valence-corrected chi connectivity index (χ4v) is 2.65. The van der Waals surface area contributed by atoms with E-state index >= 15 is 0 Å². The molecule has 6 nitrogen and oxygen atoms in total. The molecule has 2 N–H and O–H groups in total. The summed E-state index contributed by atoms with van der Waals surface area (Å²) in [6, 6.07) is 6.87. The second-order valence-electron chi connectivity index (χ2n) is 5.87. The Balaban J connectivity index is 0.00000208. The van der Waals surface area contributed by atoms with E-state index in [4.69, 9.17) is 0 Å². The predicted molar refractivity (Wildman–Crippen MR) is 102 cm³/mol. The molecule has 130 valence electrons. The Kier molecular flexibility index (Phi) is 6.14. The first-order chi connectivity index (χ1) is 11.1. The van der Waals surface area contributed by atoms with Crippen molar-refractivity contribution >= 4 is 29.9 Å². The van der Waals surface area contributed by atoms with Gasteiger partial charge in [0, 0.05) is 26.1 Å². The quantitative estimate of drug-likeness (QED) is 0.421. The number of hydrogen-bond acceptors (Lipinski definition) is 3. The van der Waals surface area contributed by atoms with Gasteiger partial charge in [-0.1, -0.05) is 12.1 Å². The molecule has 0 radical (unpaired) electrons. The maximum atomic E-state index is 13.4. The third kappa shape index (κ3) is 4.22. The van der Waals surface area contributed by atoms with Crippen molar-refractivity contribution in [3.05, 3.63) is 47.8 Å². The molecule has 0 spiro atoms. The molecule has 1 aromatic carbocycles. The lowest BCUT2D eigenvalue weighted by Crippen LogP contribution is -2.41. The van der Waals surface area contributed by atoms with Gasteiger partial charge in [0.15, 0.2) is 5.96 Å². The standard InChI is InChI=1S/C16H21FN6.HI/c1-18-15(19-9-14-21-11-22-23(14)2)20-10-16(6-7-16)12-4-3-5-13(17)8-12;/h3-5,8,11H,6-7,9-10H2,1-2H3,(H2,18,19,20);1H. The maximum absolute atomic E-state index is 13.4. The molecule has 1 saturated carbocycles. The third-order valence-corrected chi connectivity index (χ3v) is 4.33. The molecule has 0 amide bonds. The summed E-state index contributed by atoms with van der Waals surface area (Å²) in [4.78, 5) is 8.39. The van der Waals surface area contributed by atoms with Crippen LogP contribution in [0.5, 0.6) is 0 Å². The number of benzene rings is 1. The van der Waals surface area contributed by atoms with Gasteiger partial charge in [0.05, 0.1) is 6.54 Å². The Bertz CT molecular complexity index is 710. The summed E-state index contributed by atoms with van der Waals surface area (Å²) in [5.41, 5.74) is 1.07. The molecular weight excluding hydrogens is 422 g/mol. The maximum Gasteiger partial charge on any atom is 0.191 e. The highest BCUT2D eigenvalue weighted by molar-refractivity contribution is 14.0. The highest BCUT2D eigenvalue weighted by atomic mass is 127. The predicted octanol–water partition coefficient (Wildman–Crippen LogP) is 1.97. The highest BCUT2D eigenvalue weighted by Gasteiger charge is 2.44. The van der Waals surface area contributed by atoms with Gasteiger partial charge in [0.25, 0.3) is 0 Å². The molecule has 0 atom stereocenters. The Hall–Kier alpha value is -1.71. The van der Waals surface area contributed by atoms with Gasteiger partial charge in [-0.05, 0) is 30.5 Å². The summed E-state index contributed by atoms with van der Waals surface area (Å²) in [7, 11) is 3.58. The Labute approximate surface area is 158 Å². The van der Waals surface area contributed by atoms with Crippen molar-refractivity contribution in [2.24, 2.45) is 12.0 Å². The van der Waals surface area contributed by atoms with Gasteiger partial charge in [-0.2, -0.15) is 5.10 Å². The van der Waals surface area contributed by atoms with Gasteiger partial charge in [-0.25, -0.2) is 9.37 Å². The average molecular weight is 444 g/mol.